The number of nitro groups is 1. The molecular weight excluding hydrogens is 392 g/mol. The minimum atomic E-state index is -0.550. The van der Waals surface area contributed by atoms with Crippen molar-refractivity contribution < 1.29 is 9.72 Å². The highest BCUT2D eigenvalue weighted by Crippen LogP contribution is 2.25. The molecule has 0 radical (unpaired) electrons. The number of halogens is 1. The van der Waals surface area contributed by atoms with E-state index in [1.807, 2.05) is 13.0 Å². The average Bonchev–Trinajstić information content (AvgIpc) is 3.10. The molecule has 2 aromatic carbocycles. The predicted molar refractivity (Wildman–Crippen MR) is 101 cm³/mol. The Bertz CT molecular complexity index is 1010. The first kappa shape index (κ1) is 18.8. The van der Waals surface area contributed by atoms with Gasteiger partial charge in [0.15, 0.2) is 0 Å². The Labute approximate surface area is 162 Å². The number of amides is 1. The molecule has 0 saturated carbocycles. The second kappa shape index (κ2) is 8.14. The van der Waals surface area contributed by atoms with Gasteiger partial charge in [0, 0.05) is 11.1 Å². The largest absolute Gasteiger partial charge is 0.320 e. The van der Waals surface area contributed by atoms with E-state index in [9.17, 15) is 14.9 Å². The van der Waals surface area contributed by atoms with E-state index in [-0.39, 0.29) is 17.1 Å². The Morgan fingerprint density at radius 2 is 2.11 bits per heavy atom. The maximum absolute atomic E-state index is 12.2. The van der Waals surface area contributed by atoms with Crippen molar-refractivity contribution in [3.63, 3.8) is 0 Å². The van der Waals surface area contributed by atoms with Crippen molar-refractivity contribution in [3.8, 4) is 5.69 Å². The van der Waals surface area contributed by atoms with Gasteiger partial charge in [-0.2, -0.15) is 4.68 Å². The first-order valence-electron chi connectivity index (χ1n) is 7.66. The molecule has 1 amide bonds. The van der Waals surface area contributed by atoms with Crippen LogP contribution in [0, 0.1) is 17.0 Å². The number of hydrogen-bond acceptors (Lipinski definition) is 7. The highest BCUT2D eigenvalue weighted by molar-refractivity contribution is 7.99. The van der Waals surface area contributed by atoms with Gasteiger partial charge in [-0.25, -0.2) is 0 Å². The van der Waals surface area contributed by atoms with Gasteiger partial charge >= 0.3 is 0 Å². The Morgan fingerprint density at radius 1 is 1.33 bits per heavy atom. The molecule has 0 unspecified atom stereocenters. The van der Waals surface area contributed by atoms with Gasteiger partial charge in [0.1, 0.15) is 5.69 Å². The van der Waals surface area contributed by atoms with Crippen LogP contribution in [0.4, 0.5) is 11.4 Å². The molecule has 3 aromatic rings. The SMILES string of the molecule is Cc1ccc(Cl)cc1-n1nnnc1SCC(=O)Nc1ccccc1[N+](=O)[O-]. The molecule has 0 aliphatic carbocycles. The average molecular weight is 405 g/mol. The Balaban J connectivity index is 1.72. The third kappa shape index (κ3) is 4.41. The molecule has 0 spiro atoms. The molecule has 0 bridgehead atoms. The number of carbonyl (C=O) groups is 1. The monoisotopic (exact) mass is 404 g/mol. The fourth-order valence-electron chi connectivity index (χ4n) is 2.29. The van der Waals surface area contributed by atoms with Gasteiger partial charge in [-0.15, -0.1) is 5.10 Å². The highest BCUT2D eigenvalue weighted by Gasteiger charge is 2.17. The second-order valence-corrected chi connectivity index (χ2v) is 6.79. The molecule has 27 heavy (non-hydrogen) atoms. The summed E-state index contributed by atoms with van der Waals surface area (Å²) in [6.07, 6.45) is 0. The van der Waals surface area contributed by atoms with Gasteiger partial charge in [0.05, 0.1) is 16.4 Å². The number of rotatable bonds is 6. The number of thioether (sulfide) groups is 1. The van der Waals surface area contributed by atoms with Crippen molar-refractivity contribution >= 4 is 40.6 Å². The van der Waals surface area contributed by atoms with Gasteiger partial charge in [-0.1, -0.05) is 41.6 Å². The Morgan fingerprint density at radius 3 is 2.89 bits per heavy atom. The van der Waals surface area contributed by atoms with Crippen LogP contribution in [0.5, 0.6) is 0 Å². The number of nitrogens with zero attached hydrogens (tertiary/aromatic N) is 5. The summed E-state index contributed by atoms with van der Waals surface area (Å²) in [5.41, 5.74) is 1.58. The van der Waals surface area contributed by atoms with E-state index in [1.54, 1.807) is 18.2 Å². The molecule has 1 heterocycles. The minimum absolute atomic E-state index is 0.0218. The molecule has 0 atom stereocenters. The van der Waals surface area contributed by atoms with Gasteiger partial charge in [0.2, 0.25) is 11.1 Å². The molecular formula is C16H13ClN6O3S. The lowest BCUT2D eigenvalue weighted by Gasteiger charge is -2.08. The van der Waals surface area contributed by atoms with E-state index in [0.29, 0.717) is 15.9 Å². The molecule has 0 fully saturated rings. The number of tetrazole rings is 1. The van der Waals surface area contributed by atoms with Crippen LogP contribution in [0.15, 0.2) is 47.6 Å². The second-order valence-electron chi connectivity index (χ2n) is 5.42. The van der Waals surface area contributed by atoms with Crippen LogP contribution in [0.1, 0.15) is 5.56 Å². The van der Waals surface area contributed by atoms with Crippen LogP contribution in [0.25, 0.3) is 5.69 Å². The molecule has 0 saturated heterocycles. The van der Waals surface area contributed by atoms with Gasteiger partial charge in [-0.05, 0) is 41.1 Å². The lowest BCUT2D eigenvalue weighted by atomic mass is 10.2. The van der Waals surface area contributed by atoms with Crippen LogP contribution in [0.3, 0.4) is 0 Å². The van der Waals surface area contributed by atoms with Crippen molar-refractivity contribution in [2.75, 3.05) is 11.1 Å². The summed E-state index contributed by atoms with van der Waals surface area (Å²) < 4.78 is 1.49. The van der Waals surface area contributed by atoms with Crippen molar-refractivity contribution in [3.05, 3.63) is 63.2 Å². The topological polar surface area (TPSA) is 116 Å². The van der Waals surface area contributed by atoms with E-state index >= 15 is 0 Å². The number of carbonyl (C=O) groups excluding carboxylic acids is 1. The number of nitro benzene ring substituents is 1. The van der Waals surface area contributed by atoms with E-state index < -0.39 is 10.8 Å². The van der Waals surface area contributed by atoms with E-state index in [2.05, 4.69) is 20.8 Å². The number of anilines is 1. The minimum Gasteiger partial charge on any atom is -0.320 e. The summed E-state index contributed by atoms with van der Waals surface area (Å²) in [7, 11) is 0. The number of aryl methyl sites for hydroxylation is 1. The molecule has 1 aromatic heterocycles. The summed E-state index contributed by atoms with van der Waals surface area (Å²) in [6.45, 7) is 1.89. The maximum Gasteiger partial charge on any atom is 0.292 e. The third-order valence-electron chi connectivity index (χ3n) is 3.55. The predicted octanol–water partition coefficient (Wildman–Crippen LogP) is 3.26. The number of para-hydroxylation sites is 2. The van der Waals surface area contributed by atoms with Crippen LogP contribution < -0.4 is 5.32 Å². The van der Waals surface area contributed by atoms with Crippen LogP contribution in [-0.2, 0) is 4.79 Å². The Kier molecular flexibility index (Phi) is 5.67. The Hall–Kier alpha value is -2.98. The van der Waals surface area contributed by atoms with E-state index in [4.69, 9.17) is 11.6 Å². The summed E-state index contributed by atoms with van der Waals surface area (Å²) >= 11 is 7.14. The number of nitrogens with one attached hydrogen (secondary N) is 1. The third-order valence-corrected chi connectivity index (χ3v) is 4.70. The molecule has 1 N–H and O–H groups in total. The fourth-order valence-corrected chi connectivity index (χ4v) is 3.14. The van der Waals surface area contributed by atoms with Crippen molar-refractivity contribution in [1.82, 2.24) is 20.2 Å². The molecule has 0 aliphatic rings. The van der Waals surface area contributed by atoms with Crippen molar-refractivity contribution in [1.29, 1.82) is 0 Å². The molecule has 11 heteroatoms. The lowest BCUT2D eigenvalue weighted by Crippen LogP contribution is -2.15. The quantitative estimate of drug-likeness (QED) is 0.380. The van der Waals surface area contributed by atoms with Crippen LogP contribution >= 0.6 is 23.4 Å². The maximum atomic E-state index is 12.2. The number of benzene rings is 2. The van der Waals surface area contributed by atoms with Crippen LogP contribution in [0.2, 0.25) is 5.02 Å². The van der Waals surface area contributed by atoms with Crippen LogP contribution in [-0.4, -0.2) is 36.8 Å². The first-order valence-corrected chi connectivity index (χ1v) is 9.03. The van der Waals surface area contributed by atoms with Gasteiger partial charge in [0.25, 0.3) is 5.69 Å². The summed E-state index contributed by atoms with van der Waals surface area (Å²) in [5.74, 6) is -0.432. The van der Waals surface area contributed by atoms with Crippen molar-refractivity contribution in [2.45, 2.75) is 12.1 Å². The molecule has 9 nitrogen and oxygen atoms in total. The summed E-state index contributed by atoms with van der Waals surface area (Å²) in [5, 5.41) is 26.0. The van der Waals surface area contributed by atoms with Gasteiger partial charge in [-0.3, -0.25) is 14.9 Å². The molecule has 3 rings (SSSR count). The summed E-state index contributed by atoms with van der Waals surface area (Å²) in [4.78, 5) is 22.7. The van der Waals surface area contributed by atoms with E-state index in [0.717, 1.165) is 17.3 Å². The number of hydrogen-bond donors (Lipinski definition) is 1. The fraction of sp³-hybridized carbons (Fsp3) is 0.125. The highest BCUT2D eigenvalue weighted by atomic mass is 35.5. The zero-order valence-electron chi connectivity index (χ0n) is 14.0. The normalized spacial score (nSPS) is 10.6. The zero-order chi connectivity index (χ0) is 19.4. The van der Waals surface area contributed by atoms with E-state index in [1.165, 1.54) is 22.9 Å². The lowest BCUT2D eigenvalue weighted by molar-refractivity contribution is -0.383. The first-order chi connectivity index (χ1) is 13.0. The van der Waals surface area contributed by atoms with Crippen molar-refractivity contribution in [2.24, 2.45) is 0 Å². The zero-order valence-corrected chi connectivity index (χ0v) is 15.6. The molecule has 138 valence electrons. The standard InChI is InChI=1S/C16H13ClN6O3S/c1-10-6-7-11(17)8-14(10)22-16(19-20-21-22)27-9-15(24)18-12-4-2-3-5-13(12)23(25)26/h2-8H,9H2,1H3,(H,18,24). The van der Waals surface area contributed by atoms with Gasteiger partial charge < -0.3 is 5.32 Å². The molecule has 0 aliphatic heterocycles. The number of aromatic nitrogens is 4. The summed E-state index contributed by atoms with van der Waals surface area (Å²) in [6, 6.07) is 11.3. The smallest absolute Gasteiger partial charge is 0.292 e.